The lowest BCUT2D eigenvalue weighted by atomic mass is 10.2. The zero-order valence-electron chi connectivity index (χ0n) is 14.8. The first-order valence-corrected chi connectivity index (χ1v) is 9.47. The van der Waals surface area contributed by atoms with Gasteiger partial charge in [0.2, 0.25) is 11.8 Å². The van der Waals surface area contributed by atoms with Crippen LogP contribution in [-0.2, 0) is 11.3 Å². The van der Waals surface area contributed by atoms with Crippen LogP contribution in [0, 0.1) is 0 Å². The number of halogens is 1. The van der Waals surface area contributed by atoms with Gasteiger partial charge in [-0.1, -0.05) is 35.5 Å². The van der Waals surface area contributed by atoms with Gasteiger partial charge in [-0.05, 0) is 48.9 Å². The van der Waals surface area contributed by atoms with Crippen molar-refractivity contribution in [2.75, 3.05) is 7.11 Å². The monoisotopic (exact) mass is 403 g/mol. The molecule has 0 fully saturated rings. The van der Waals surface area contributed by atoms with E-state index < -0.39 is 0 Å². The Morgan fingerprint density at radius 1 is 1.19 bits per heavy atom. The lowest BCUT2D eigenvalue weighted by Crippen LogP contribution is -2.30. The van der Waals surface area contributed by atoms with Gasteiger partial charge in [0, 0.05) is 17.1 Å². The van der Waals surface area contributed by atoms with Crippen LogP contribution in [0.1, 0.15) is 12.5 Å². The molecule has 3 rings (SSSR count). The first-order valence-electron chi connectivity index (χ1n) is 8.22. The lowest BCUT2D eigenvalue weighted by molar-refractivity contribution is -0.120. The molecule has 0 radical (unpaired) electrons. The van der Waals surface area contributed by atoms with Crippen LogP contribution in [0.5, 0.6) is 5.75 Å². The maximum atomic E-state index is 12.3. The number of methoxy groups -OCH3 is 1. The summed E-state index contributed by atoms with van der Waals surface area (Å²) in [6.07, 6.45) is 0. The van der Waals surface area contributed by atoms with E-state index in [1.165, 1.54) is 11.8 Å². The zero-order valence-corrected chi connectivity index (χ0v) is 16.4. The van der Waals surface area contributed by atoms with Crippen molar-refractivity contribution in [1.82, 2.24) is 15.5 Å². The smallest absolute Gasteiger partial charge is 0.277 e. The molecule has 0 saturated carbocycles. The molecule has 0 bridgehead atoms. The number of rotatable bonds is 7. The highest BCUT2D eigenvalue weighted by Gasteiger charge is 2.18. The average molecular weight is 404 g/mol. The molecule has 0 aliphatic carbocycles. The summed E-state index contributed by atoms with van der Waals surface area (Å²) in [5.41, 5.74) is 1.76. The Morgan fingerprint density at radius 3 is 2.56 bits per heavy atom. The molecular formula is C19H18ClN3O3S. The van der Waals surface area contributed by atoms with Crippen LogP contribution in [0.15, 0.2) is 58.2 Å². The first-order chi connectivity index (χ1) is 13.0. The Bertz CT molecular complexity index is 897. The summed E-state index contributed by atoms with van der Waals surface area (Å²) >= 11 is 7.09. The summed E-state index contributed by atoms with van der Waals surface area (Å²) in [7, 11) is 1.62. The van der Waals surface area contributed by atoms with E-state index in [-0.39, 0.29) is 11.2 Å². The SMILES string of the molecule is COc1ccc(CNC(=O)C(C)Sc2nnc(-c3ccc(Cl)cc3)o2)cc1. The minimum absolute atomic E-state index is 0.109. The van der Waals surface area contributed by atoms with E-state index in [0.29, 0.717) is 22.7 Å². The van der Waals surface area contributed by atoms with Crippen molar-refractivity contribution in [2.24, 2.45) is 0 Å². The minimum Gasteiger partial charge on any atom is -0.497 e. The lowest BCUT2D eigenvalue weighted by Gasteiger charge is -2.10. The molecule has 27 heavy (non-hydrogen) atoms. The second kappa shape index (κ2) is 8.92. The number of hydrogen-bond acceptors (Lipinski definition) is 6. The third kappa shape index (κ3) is 5.24. The van der Waals surface area contributed by atoms with Crippen molar-refractivity contribution >= 4 is 29.3 Å². The van der Waals surface area contributed by atoms with Crippen molar-refractivity contribution < 1.29 is 13.9 Å². The molecular weight excluding hydrogens is 386 g/mol. The van der Waals surface area contributed by atoms with E-state index in [4.69, 9.17) is 20.8 Å². The van der Waals surface area contributed by atoms with E-state index >= 15 is 0 Å². The molecule has 1 unspecified atom stereocenters. The van der Waals surface area contributed by atoms with Gasteiger partial charge in [-0.2, -0.15) is 0 Å². The number of amides is 1. The molecule has 3 aromatic rings. The van der Waals surface area contributed by atoms with Crippen molar-refractivity contribution in [3.8, 4) is 17.2 Å². The average Bonchev–Trinajstić information content (AvgIpc) is 3.15. The van der Waals surface area contributed by atoms with Crippen LogP contribution >= 0.6 is 23.4 Å². The molecule has 140 valence electrons. The summed E-state index contributed by atoms with van der Waals surface area (Å²) in [5, 5.41) is 11.5. The highest BCUT2D eigenvalue weighted by molar-refractivity contribution is 8.00. The largest absolute Gasteiger partial charge is 0.497 e. The van der Waals surface area contributed by atoms with Crippen LogP contribution in [0.25, 0.3) is 11.5 Å². The molecule has 0 aliphatic heterocycles. The van der Waals surface area contributed by atoms with Gasteiger partial charge in [-0.25, -0.2) is 0 Å². The number of nitrogens with one attached hydrogen (secondary N) is 1. The summed E-state index contributed by atoms with van der Waals surface area (Å²) in [4.78, 5) is 12.3. The summed E-state index contributed by atoms with van der Waals surface area (Å²) in [5.74, 6) is 1.06. The van der Waals surface area contributed by atoms with Gasteiger partial charge < -0.3 is 14.5 Å². The van der Waals surface area contributed by atoms with Gasteiger partial charge >= 0.3 is 0 Å². The van der Waals surface area contributed by atoms with Crippen LogP contribution < -0.4 is 10.1 Å². The predicted molar refractivity (Wildman–Crippen MR) is 105 cm³/mol. The molecule has 1 aromatic heterocycles. The minimum atomic E-state index is -0.373. The van der Waals surface area contributed by atoms with Crippen molar-refractivity contribution in [2.45, 2.75) is 23.9 Å². The molecule has 0 aliphatic rings. The van der Waals surface area contributed by atoms with Gasteiger partial charge in [0.05, 0.1) is 12.4 Å². The summed E-state index contributed by atoms with van der Waals surface area (Å²) in [6.45, 7) is 2.23. The number of thioether (sulfide) groups is 1. The highest BCUT2D eigenvalue weighted by Crippen LogP contribution is 2.27. The fourth-order valence-electron chi connectivity index (χ4n) is 2.25. The fraction of sp³-hybridized carbons (Fsp3) is 0.211. The Hall–Kier alpha value is -2.51. The third-order valence-electron chi connectivity index (χ3n) is 3.77. The van der Waals surface area contributed by atoms with Crippen molar-refractivity contribution in [3.63, 3.8) is 0 Å². The number of hydrogen-bond donors (Lipinski definition) is 1. The number of nitrogens with zero attached hydrogens (tertiary/aromatic N) is 2. The van der Waals surface area contributed by atoms with Gasteiger partial charge in [-0.3, -0.25) is 4.79 Å². The predicted octanol–water partition coefficient (Wildman–Crippen LogP) is 4.20. The standard InChI is InChI=1S/C19H18ClN3O3S/c1-12(17(24)21-11-13-3-9-16(25-2)10-4-13)27-19-23-22-18(26-19)14-5-7-15(20)8-6-14/h3-10,12H,11H2,1-2H3,(H,21,24). The molecule has 0 spiro atoms. The number of aromatic nitrogens is 2. The second-order valence-electron chi connectivity index (χ2n) is 5.71. The van der Waals surface area contributed by atoms with E-state index in [2.05, 4.69) is 15.5 Å². The number of ether oxygens (including phenoxy) is 1. The topological polar surface area (TPSA) is 77.2 Å². The first kappa shape index (κ1) is 19.3. The Morgan fingerprint density at radius 2 is 1.89 bits per heavy atom. The molecule has 6 nitrogen and oxygen atoms in total. The Labute approximate surface area is 166 Å². The maximum Gasteiger partial charge on any atom is 0.277 e. The van der Waals surface area contributed by atoms with Crippen molar-refractivity contribution in [1.29, 1.82) is 0 Å². The summed E-state index contributed by atoms with van der Waals surface area (Å²) in [6, 6.07) is 14.6. The molecule has 1 amide bonds. The van der Waals surface area contributed by atoms with E-state index in [9.17, 15) is 4.79 Å². The Balaban J connectivity index is 1.54. The number of carbonyl (C=O) groups excluding carboxylic acids is 1. The molecule has 1 atom stereocenters. The maximum absolute atomic E-state index is 12.3. The molecule has 2 aromatic carbocycles. The number of carbonyl (C=O) groups is 1. The van der Waals surface area contributed by atoms with E-state index in [0.717, 1.165) is 16.9 Å². The van der Waals surface area contributed by atoms with Gasteiger partial charge in [0.1, 0.15) is 5.75 Å². The van der Waals surface area contributed by atoms with Crippen LogP contribution in [0.4, 0.5) is 0 Å². The van der Waals surface area contributed by atoms with Gasteiger partial charge in [0.25, 0.3) is 5.22 Å². The van der Waals surface area contributed by atoms with Crippen LogP contribution in [0.2, 0.25) is 5.02 Å². The normalized spacial score (nSPS) is 11.8. The Kier molecular flexibility index (Phi) is 6.36. The van der Waals surface area contributed by atoms with Crippen LogP contribution in [-0.4, -0.2) is 28.5 Å². The molecule has 1 heterocycles. The van der Waals surface area contributed by atoms with Gasteiger partial charge in [-0.15, -0.1) is 10.2 Å². The molecule has 1 N–H and O–H groups in total. The highest BCUT2D eigenvalue weighted by atomic mass is 35.5. The second-order valence-corrected chi connectivity index (χ2v) is 7.43. The summed E-state index contributed by atoms with van der Waals surface area (Å²) < 4.78 is 10.7. The van der Waals surface area contributed by atoms with Crippen molar-refractivity contribution in [3.05, 3.63) is 59.1 Å². The van der Waals surface area contributed by atoms with Gasteiger partial charge in [0.15, 0.2) is 0 Å². The van der Waals surface area contributed by atoms with E-state index in [1.807, 2.05) is 24.3 Å². The quantitative estimate of drug-likeness (QED) is 0.596. The van der Waals surface area contributed by atoms with Crippen LogP contribution in [0.3, 0.4) is 0 Å². The third-order valence-corrected chi connectivity index (χ3v) is 4.96. The molecule has 0 saturated heterocycles. The zero-order chi connectivity index (χ0) is 19.2. The fourth-order valence-corrected chi connectivity index (χ4v) is 3.08. The van der Waals surface area contributed by atoms with E-state index in [1.54, 1.807) is 38.3 Å². The number of benzene rings is 2. The molecule has 8 heteroatoms.